The molecule has 0 aliphatic rings. The molecule has 4 rings (SSSR count). The first-order chi connectivity index (χ1) is 20.7. The Morgan fingerprint density at radius 2 is 0.953 bits per heavy atom. The summed E-state index contributed by atoms with van der Waals surface area (Å²) in [5.41, 5.74) is -0.162. The lowest BCUT2D eigenvalue weighted by atomic mass is 10.1. The van der Waals surface area contributed by atoms with Gasteiger partial charge in [-0.1, -0.05) is 36.4 Å². The minimum absolute atomic E-state index is 0.0735. The molecule has 43 heavy (non-hydrogen) atoms. The monoisotopic (exact) mass is 589 g/mol. The number of nitro benzene ring substituents is 3. The molecule has 0 heterocycles. The molecule has 1 N–H and O–H groups in total. The van der Waals surface area contributed by atoms with Gasteiger partial charge < -0.3 is 19.3 Å². The summed E-state index contributed by atoms with van der Waals surface area (Å²) >= 11 is 0. The fourth-order valence-electron chi connectivity index (χ4n) is 4.08. The van der Waals surface area contributed by atoms with Crippen LogP contribution in [0, 0.1) is 30.3 Å². The smallest absolute Gasteiger partial charge is 0.276 e. The highest BCUT2D eigenvalue weighted by Gasteiger charge is 2.23. The Hall–Kier alpha value is -5.89. The van der Waals surface area contributed by atoms with Crippen LogP contribution in [-0.4, -0.2) is 32.3 Å². The van der Waals surface area contributed by atoms with E-state index in [0.29, 0.717) is 0 Å². The van der Waals surface area contributed by atoms with Crippen molar-refractivity contribution < 1.29 is 38.9 Å². The van der Waals surface area contributed by atoms with Gasteiger partial charge in [0.2, 0.25) is 5.75 Å². The summed E-state index contributed by atoms with van der Waals surface area (Å²) in [6.07, 6.45) is 0. The van der Waals surface area contributed by atoms with E-state index in [9.17, 15) is 40.2 Å². The number of aliphatic hydroxyl groups excluding tert-OH is 1. The molecule has 14 heteroatoms. The Balaban J connectivity index is 1.78. The van der Waals surface area contributed by atoms with Gasteiger partial charge in [0, 0.05) is 23.8 Å². The van der Waals surface area contributed by atoms with Gasteiger partial charge in [0.15, 0.2) is 17.3 Å². The number of para-hydroxylation sites is 3. The normalized spacial score (nSPS) is 10.5. The molecule has 4 aromatic carbocycles. The minimum atomic E-state index is -0.871. The predicted octanol–water partition coefficient (Wildman–Crippen LogP) is 5.32. The first-order valence-electron chi connectivity index (χ1n) is 12.6. The van der Waals surface area contributed by atoms with Gasteiger partial charge in [-0.25, -0.2) is 0 Å². The molecule has 220 valence electrons. The van der Waals surface area contributed by atoms with Gasteiger partial charge in [-0.2, -0.15) is 0 Å². The van der Waals surface area contributed by atoms with Crippen LogP contribution >= 0.6 is 0 Å². The van der Waals surface area contributed by atoms with Crippen molar-refractivity contribution in [3.63, 3.8) is 0 Å². The van der Waals surface area contributed by atoms with E-state index >= 15 is 0 Å². The third kappa shape index (κ3) is 7.25. The first-order valence-corrected chi connectivity index (χ1v) is 12.6. The number of hydrogen-bond acceptors (Lipinski definition) is 11. The van der Waals surface area contributed by atoms with Gasteiger partial charge in [-0.15, -0.1) is 0 Å². The van der Waals surface area contributed by atoms with E-state index in [-0.39, 0.29) is 76.4 Å². The zero-order valence-electron chi connectivity index (χ0n) is 22.3. The number of nitrogens with zero attached hydrogens (tertiary/aromatic N) is 3. The van der Waals surface area contributed by atoms with E-state index in [1.165, 1.54) is 66.7 Å². The van der Waals surface area contributed by atoms with Crippen molar-refractivity contribution in [3.8, 4) is 17.2 Å². The highest BCUT2D eigenvalue weighted by molar-refractivity contribution is 5.98. The largest absolute Gasteiger partial charge is 0.485 e. The molecule has 0 saturated heterocycles. The third-order valence-corrected chi connectivity index (χ3v) is 6.19. The van der Waals surface area contributed by atoms with Crippen LogP contribution in [0.4, 0.5) is 17.1 Å². The van der Waals surface area contributed by atoms with Gasteiger partial charge in [0.25, 0.3) is 17.1 Å². The summed E-state index contributed by atoms with van der Waals surface area (Å²) in [5.74, 6) is -1.12. The number of carbonyl (C=O) groups is 1. The Labute approximate surface area is 243 Å². The second-order valence-electron chi connectivity index (χ2n) is 8.91. The first kappa shape index (κ1) is 30.1. The van der Waals surface area contributed by atoms with Crippen LogP contribution in [0.25, 0.3) is 0 Å². The topological polar surface area (TPSA) is 194 Å². The number of ketones is 1. The van der Waals surface area contributed by atoms with Gasteiger partial charge in [-0.3, -0.25) is 35.1 Å². The van der Waals surface area contributed by atoms with Gasteiger partial charge >= 0.3 is 0 Å². The molecule has 0 fully saturated rings. The van der Waals surface area contributed by atoms with Crippen LogP contribution < -0.4 is 14.2 Å². The van der Waals surface area contributed by atoms with Gasteiger partial charge in [0.05, 0.1) is 31.5 Å². The molecule has 0 aromatic heterocycles. The van der Waals surface area contributed by atoms with Crippen LogP contribution in [0.2, 0.25) is 0 Å². The maximum Gasteiger partial charge on any atom is 0.276 e. The third-order valence-electron chi connectivity index (χ3n) is 6.19. The number of hydrogen-bond donors (Lipinski definition) is 1. The maximum absolute atomic E-state index is 12.5. The summed E-state index contributed by atoms with van der Waals surface area (Å²) in [5, 5.41) is 44.1. The highest BCUT2D eigenvalue weighted by atomic mass is 16.6. The number of rotatable bonds is 14. The number of benzene rings is 4. The highest BCUT2D eigenvalue weighted by Crippen LogP contribution is 2.41. The molecular formula is C29H23N3O11. The minimum Gasteiger partial charge on any atom is -0.485 e. The Morgan fingerprint density at radius 3 is 1.30 bits per heavy atom. The molecule has 0 saturated carbocycles. The molecule has 4 aromatic rings. The standard InChI is InChI=1S/C29H23N3O11/c33-15-26(34)22-13-27(41-16-19-7-1-4-10-23(19)30(35)36)29(43-18-21-9-3-6-12-25(21)32(39)40)28(14-22)42-17-20-8-2-5-11-24(20)31(37)38/h1-14,33H,15-18H2. The van der Waals surface area contributed by atoms with Crippen molar-refractivity contribution in [2.24, 2.45) is 0 Å². The average molecular weight is 590 g/mol. The van der Waals surface area contributed by atoms with Crippen molar-refractivity contribution >= 4 is 22.8 Å². The Morgan fingerprint density at radius 1 is 0.605 bits per heavy atom. The SMILES string of the molecule is O=C(CO)c1cc(OCc2ccccc2[N+](=O)[O-])c(OCc2ccccc2[N+](=O)[O-])c(OCc2ccccc2[N+](=O)[O-])c1. The maximum atomic E-state index is 12.5. The quantitative estimate of drug-likeness (QED) is 0.113. The molecule has 0 bridgehead atoms. The van der Waals surface area contributed by atoms with E-state index in [1.807, 2.05) is 0 Å². The summed E-state index contributed by atoms with van der Waals surface area (Å²) in [6, 6.07) is 19.9. The Bertz CT molecular complexity index is 1610. The molecule has 0 atom stereocenters. The van der Waals surface area contributed by atoms with Gasteiger partial charge in [0.1, 0.15) is 26.4 Å². The second kappa shape index (κ2) is 13.6. The zero-order chi connectivity index (χ0) is 30.9. The predicted molar refractivity (Wildman–Crippen MR) is 150 cm³/mol. The van der Waals surface area contributed by atoms with E-state index in [2.05, 4.69) is 0 Å². The number of Topliss-reactive ketones (excluding diaryl/α,β-unsaturated/α-hetero) is 1. The van der Waals surface area contributed by atoms with Crippen molar-refractivity contribution in [2.45, 2.75) is 19.8 Å². The fraction of sp³-hybridized carbons (Fsp3) is 0.138. The van der Waals surface area contributed by atoms with E-state index in [0.717, 1.165) is 0 Å². The molecular weight excluding hydrogens is 566 g/mol. The molecule has 0 aliphatic heterocycles. The van der Waals surface area contributed by atoms with Crippen LogP contribution in [0.15, 0.2) is 84.9 Å². The number of ether oxygens (including phenoxy) is 3. The lowest BCUT2D eigenvalue weighted by Gasteiger charge is -2.19. The van der Waals surface area contributed by atoms with Crippen LogP contribution in [0.5, 0.6) is 17.2 Å². The van der Waals surface area contributed by atoms with Crippen molar-refractivity contribution in [1.82, 2.24) is 0 Å². The molecule has 0 amide bonds. The zero-order valence-corrected chi connectivity index (χ0v) is 22.3. The van der Waals surface area contributed by atoms with Crippen LogP contribution in [-0.2, 0) is 19.8 Å². The van der Waals surface area contributed by atoms with Crippen LogP contribution in [0.3, 0.4) is 0 Å². The lowest BCUT2D eigenvalue weighted by molar-refractivity contribution is -0.386. The molecule has 14 nitrogen and oxygen atoms in total. The number of aliphatic hydroxyl groups is 1. The lowest BCUT2D eigenvalue weighted by Crippen LogP contribution is -2.10. The number of nitro groups is 3. The summed E-state index contributed by atoms with van der Waals surface area (Å²) in [7, 11) is 0. The van der Waals surface area contributed by atoms with E-state index in [4.69, 9.17) is 14.2 Å². The average Bonchev–Trinajstić information content (AvgIpc) is 3.01. The summed E-state index contributed by atoms with van der Waals surface area (Å²) in [6.45, 7) is -1.92. The fourth-order valence-corrected chi connectivity index (χ4v) is 4.08. The van der Waals surface area contributed by atoms with Crippen LogP contribution in [0.1, 0.15) is 27.0 Å². The Kier molecular flexibility index (Phi) is 9.55. The van der Waals surface area contributed by atoms with Crippen molar-refractivity contribution in [3.05, 3.63) is 138 Å². The van der Waals surface area contributed by atoms with Gasteiger partial charge in [-0.05, 0) is 30.3 Å². The molecule has 0 unspecified atom stereocenters. The summed E-state index contributed by atoms with van der Waals surface area (Å²) in [4.78, 5) is 45.3. The van der Waals surface area contributed by atoms with Crippen molar-refractivity contribution in [2.75, 3.05) is 6.61 Å². The van der Waals surface area contributed by atoms with E-state index in [1.54, 1.807) is 18.2 Å². The van der Waals surface area contributed by atoms with Crippen molar-refractivity contribution in [1.29, 1.82) is 0 Å². The number of carbonyl (C=O) groups excluding carboxylic acids is 1. The molecule has 0 spiro atoms. The second-order valence-corrected chi connectivity index (χ2v) is 8.91. The summed E-state index contributed by atoms with van der Waals surface area (Å²) < 4.78 is 17.7. The van der Waals surface area contributed by atoms with E-state index < -0.39 is 27.2 Å². The molecule has 0 aliphatic carbocycles. The molecule has 0 radical (unpaired) electrons.